The molecule has 0 spiro atoms. The molecule has 0 heterocycles. The fraction of sp³-hybridized carbons (Fsp3) is 0.500. The quantitative estimate of drug-likeness (QED) is 0.544. The first-order chi connectivity index (χ1) is 3.73. The van der Waals surface area contributed by atoms with Crippen molar-refractivity contribution in [2.75, 3.05) is 0 Å². The third kappa shape index (κ3) is 335. The van der Waals surface area contributed by atoms with Gasteiger partial charge in [-0.1, -0.05) is 64.6 Å². The Balaban J connectivity index is 0. The SMILES string of the molecule is C=C(Cl)Cl.CC(Cl)(Cl)Cl. The zero-order valence-electron chi connectivity index (χ0n) is 4.60. The van der Waals surface area contributed by atoms with Crippen molar-refractivity contribution in [3.05, 3.63) is 11.1 Å². The van der Waals surface area contributed by atoms with Gasteiger partial charge in [-0.15, -0.1) is 0 Å². The van der Waals surface area contributed by atoms with E-state index in [1.165, 1.54) is 6.92 Å². The highest BCUT2D eigenvalue weighted by atomic mass is 35.6. The summed E-state index contributed by atoms with van der Waals surface area (Å²) in [6.45, 7) is 4.57. The molecule has 0 aromatic rings. The predicted molar refractivity (Wildman–Crippen MR) is 46.8 cm³/mol. The Labute approximate surface area is 79.7 Å². The van der Waals surface area contributed by atoms with Crippen LogP contribution in [0.2, 0.25) is 0 Å². The van der Waals surface area contributed by atoms with Crippen molar-refractivity contribution in [2.45, 2.75) is 10.7 Å². The maximum atomic E-state index is 5.06. The molecular weight excluding hydrogens is 225 g/mol. The van der Waals surface area contributed by atoms with E-state index in [9.17, 15) is 0 Å². The summed E-state index contributed by atoms with van der Waals surface area (Å²) in [5.74, 6) is 0. The minimum atomic E-state index is -1.08. The highest BCUT2D eigenvalue weighted by molar-refractivity contribution is 6.67. The summed E-state index contributed by atoms with van der Waals surface area (Å²) >= 11 is 24.9. The molecule has 0 radical (unpaired) electrons. The third-order valence-electron chi connectivity index (χ3n) is 0. The molecule has 0 aliphatic rings. The Kier molecular flexibility index (Phi) is 8.46. The second-order valence-corrected chi connectivity index (χ2v) is 5.07. The summed E-state index contributed by atoms with van der Waals surface area (Å²) in [5.41, 5.74) is 0. The van der Waals surface area contributed by atoms with Crippen LogP contribution in [0.4, 0.5) is 0 Å². The first-order valence-corrected chi connectivity index (χ1v) is 3.69. The molecule has 0 saturated carbocycles. The van der Waals surface area contributed by atoms with Crippen LogP contribution >= 0.6 is 58.0 Å². The van der Waals surface area contributed by atoms with E-state index in [2.05, 4.69) is 6.58 Å². The molecule has 0 aromatic carbocycles. The first kappa shape index (κ1) is 12.8. The average Bonchev–Trinajstić information content (AvgIpc) is 1.19. The lowest BCUT2D eigenvalue weighted by molar-refractivity contribution is 1.27. The van der Waals surface area contributed by atoms with E-state index in [0.717, 1.165) is 0 Å². The minimum Gasteiger partial charge on any atom is -0.0840 e. The highest BCUT2D eigenvalue weighted by Gasteiger charge is 2.07. The van der Waals surface area contributed by atoms with Crippen LogP contribution in [-0.4, -0.2) is 3.79 Å². The van der Waals surface area contributed by atoms with Crippen molar-refractivity contribution in [3.8, 4) is 0 Å². The van der Waals surface area contributed by atoms with E-state index in [1.807, 2.05) is 0 Å². The van der Waals surface area contributed by atoms with Crippen LogP contribution < -0.4 is 0 Å². The van der Waals surface area contributed by atoms with E-state index in [0.29, 0.717) is 0 Å². The molecule has 0 rings (SSSR count). The standard InChI is InChI=1S/C2H3Cl3.C2H2Cl2/c1-2(3,4)5;1-2(3)4/h1H3;1H2. The topological polar surface area (TPSA) is 0 Å². The maximum Gasteiger partial charge on any atom is 0.187 e. The molecule has 0 unspecified atom stereocenters. The lowest BCUT2D eigenvalue weighted by atomic mass is 10.9. The fourth-order valence-corrected chi connectivity index (χ4v) is 0. The van der Waals surface area contributed by atoms with Crippen LogP contribution in [0.1, 0.15) is 6.92 Å². The van der Waals surface area contributed by atoms with Gasteiger partial charge in [0.1, 0.15) is 0 Å². The number of alkyl halides is 3. The van der Waals surface area contributed by atoms with Crippen LogP contribution in [0.25, 0.3) is 0 Å². The van der Waals surface area contributed by atoms with Crippen LogP contribution in [0.15, 0.2) is 11.1 Å². The summed E-state index contributed by atoms with van der Waals surface area (Å²) in [4.78, 5) is 0. The number of hydrogen-bond donors (Lipinski definition) is 0. The summed E-state index contributed by atoms with van der Waals surface area (Å²) in [5, 5.41) is 0. The van der Waals surface area contributed by atoms with Gasteiger partial charge >= 0.3 is 0 Å². The Hall–Kier alpha value is 1.19. The van der Waals surface area contributed by atoms with Crippen molar-refractivity contribution in [1.82, 2.24) is 0 Å². The van der Waals surface area contributed by atoms with Crippen LogP contribution in [0.5, 0.6) is 0 Å². The van der Waals surface area contributed by atoms with Gasteiger partial charge in [0.05, 0.1) is 4.49 Å². The van der Waals surface area contributed by atoms with Crippen molar-refractivity contribution in [1.29, 1.82) is 0 Å². The van der Waals surface area contributed by atoms with Crippen LogP contribution in [0.3, 0.4) is 0 Å². The van der Waals surface area contributed by atoms with E-state index in [1.54, 1.807) is 0 Å². The molecule has 9 heavy (non-hydrogen) atoms. The van der Waals surface area contributed by atoms with Gasteiger partial charge in [-0.05, 0) is 6.92 Å². The second kappa shape index (κ2) is 5.94. The number of hydrogen-bond acceptors (Lipinski definition) is 0. The molecule has 0 atom stereocenters. The Morgan fingerprint density at radius 3 is 1.22 bits per heavy atom. The highest BCUT2D eigenvalue weighted by Crippen LogP contribution is 2.23. The predicted octanol–water partition coefficient (Wildman–Crippen LogP) is 4.31. The zero-order valence-corrected chi connectivity index (χ0v) is 8.38. The second-order valence-electron chi connectivity index (χ2n) is 1.12. The van der Waals surface area contributed by atoms with Gasteiger partial charge in [0, 0.05) is 0 Å². The Morgan fingerprint density at radius 1 is 1.22 bits per heavy atom. The largest absolute Gasteiger partial charge is 0.187 e. The summed E-state index contributed by atoms with van der Waals surface area (Å²) in [6, 6.07) is 0. The molecule has 56 valence electrons. The van der Waals surface area contributed by atoms with Crippen LogP contribution in [-0.2, 0) is 0 Å². The summed E-state index contributed by atoms with van der Waals surface area (Å²) < 4.78 is -0.972. The molecule has 0 amide bonds. The first-order valence-electron chi connectivity index (χ1n) is 1.80. The van der Waals surface area contributed by atoms with E-state index >= 15 is 0 Å². The van der Waals surface area contributed by atoms with Gasteiger partial charge in [0.15, 0.2) is 3.79 Å². The monoisotopic (exact) mass is 228 g/mol. The van der Waals surface area contributed by atoms with Crippen molar-refractivity contribution < 1.29 is 0 Å². The molecule has 0 fully saturated rings. The number of halogens is 5. The number of rotatable bonds is 0. The molecule has 0 bridgehead atoms. The van der Waals surface area contributed by atoms with Gasteiger partial charge in [-0.3, -0.25) is 0 Å². The van der Waals surface area contributed by atoms with Crippen molar-refractivity contribution in [3.63, 3.8) is 0 Å². The Morgan fingerprint density at radius 2 is 1.22 bits per heavy atom. The van der Waals surface area contributed by atoms with Crippen LogP contribution in [0, 0.1) is 0 Å². The molecular formula is C4H5Cl5. The fourth-order valence-electron chi connectivity index (χ4n) is 0. The van der Waals surface area contributed by atoms with Crippen molar-refractivity contribution >= 4 is 58.0 Å². The minimum absolute atomic E-state index is 0.111. The van der Waals surface area contributed by atoms with Gasteiger partial charge in [-0.2, -0.15) is 0 Å². The molecule has 0 N–H and O–H groups in total. The Bertz CT molecular complexity index is 71.4. The smallest absolute Gasteiger partial charge is 0.0840 e. The lowest BCUT2D eigenvalue weighted by Crippen LogP contribution is -1.87. The van der Waals surface area contributed by atoms with Gasteiger partial charge < -0.3 is 0 Å². The van der Waals surface area contributed by atoms with E-state index in [4.69, 9.17) is 58.0 Å². The lowest BCUT2D eigenvalue weighted by Gasteiger charge is -1.94. The van der Waals surface area contributed by atoms with Gasteiger partial charge in [0.25, 0.3) is 0 Å². The van der Waals surface area contributed by atoms with Gasteiger partial charge in [-0.25, -0.2) is 0 Å². The molecule has 0 aliphatic carbocycles. The molecule has 0 saturated heterocycles. The molecule has 0 nitrogen and oxygen atoms in total. The maximum absolute atomic E-state index is 5.06. The van der Waals surface area contributed by atoms with E-state index < -0.39 is 3.79 Å². The third-order valence-corrected chi connectivity index (χ3v) is 0. The molecule has 0 aliphatic heterocycles. The normalized spacial score (nSPS) is 9.56. The summed E-state index contributed by atoms with van der Waals surface area (Å²) in [7, 11) is 0. The van der Waals surface area contributed by atoms with Gasteiger partial charge in [0.2, 0.25) is 0 Å². The molecule has 5 heteroatoms. The van der Waals surface area contributed by atoms with E-state index in [-0.39, 0.29) is 4.49 Å². The molecule has 0 aromatic heterocycles. The van der Waals surface area contributed by atoms with Crippen molar-refractivity contribution in [2.24, 2.45) is 0 Å². The summed E-state index contributed by atoms with van der Waals surface area (Å²) in [6.07, 6.45) is 0. The zero-order chi connectivity index (χ0) is 8.08. The average molecular weight is 230 g/mol.